The van der Waals surface area contributed by atoms with E-state index in [0.29, 0.717) is 6.61 Å². The number of hydrogen-bond acceptors (Lipinski definition) is 2. The predicted octanol–water partition coefficient (Wildman–Crippen LogP) is 2.51. The highest BCUT2D eigenvalue weighted by atomic mass is 16.5. The molecule has 0 fully saturated rings. The largest absolute Gasteiger partial charge is 0.374 e. The van der Waals surface area contributed by atoms with Gasteiger partial charge in [0.1, 0.15) is 0 Å². The van der Waals surface area contributed by atoms with Gasteiger partial charge in [-0.2, -0.15) is 0 Å². The molecule has 0 aromatic carbocycles. The van der Waals surface area contributed by atoms with Crippen LogP contribution in [0.4, 0.5) is 0 Å². The minimum atomic E-state index is -0.101. The second-order valence-corrected chi connectivity index (χ2v) is 4.66. The van der Waals surface area contributed by atoms with Crippen molar-refractivity contribution in [2.24, 2.45) is 0 Å². The lowest BCUT2D eigenvalue weighted by Crippen LogP contribution is -2.21. The highest BCUT2D eigenvalue weighted by Crippen LogP contribution is 2.07. The molecule has 0 spiro atoms. The van der Waals surface area contributed by atoms with Gasteiger partial charge in [-0.15, -0.1) is 0 Å². The quantitative estimate of drug-likeness (QED) is 0.713. The Bertz CT molecular complexity index is 334. The lowest BCUT2D eigenvalue weighted by molar-refractivity contribution is -0.00680. The van der Waals surface area contributed by atoms with Crippen molar-refractivity contribution in [3.8, 4) is 0 Å². The summed E-state index contributed by atoms with van der Waals surface area (Å²) < 4.78 is 7.57. The van der Waals surface area contributed by atoms with Crippen LogP contribution in [0.5, 0.6) is 0 Å². The smallest absolute Gasteiger partial charge is 0.161 e. The molecule has 0 saturated carbocycles. The molecular formula is C12H19NO2. The van der Waals surface area contributed by atoms with Gasteiger partial charge in [0.05, 0.1) is 12.2 Å². The van der Waals surface area contributed by atoms with Gasteiger partial charge in [-0.1, -0.05) is 0 Å². The highest BCUT2D eigenvalue weighted by molar-refractivity contribution is 5.93. The van der Waals surface area contributed by atoms with E-state index in [1.165, 1.54) is 0 Å². The first-order valence-corrected chi connectivity index (χ1v) is 5.19. The first kappa shape index (κ1) is 12.0. The third-order valence-electron chi connectivity index (χ3n) is 2.04. The zero-order chi connectivity index (χ0) is 11.5. The second-order valence-electron chi connectivity index (χ2n) is 4.66. The van der Waals surface area contributed by atoms with Crippen molar-refractivity contribution in [2.75, 3.05) is 6.61 Å². The standard InChI is InChI=1S/C12H19NO2/c1-10(14)11-5-6-13(9-11)7-8-15-12(2,3)4/h5-6,9H,7-8H2,1-4H3. The van der Waals surface area contributed by atoms with E-state index < -0.39 is 0 Å². The lowest BCUT2D eigenvalue weighted by atomic mass is 10.2. The number of rotatable bonds is 4. The van der Waals surface area contributed by atoms with E-state index in [1.54, 1.807) is 6.92 Å². The van der Waals surface area contributed by atoms with E-state index in [4.69, 9.17) is 4.74 Å². The molecule has 0 aliphatic heterocycles. The van der Waals surface area contributed by atoms with Crippen LogP contribution in [-0.2, 0) is 11.3 Å². The van der Waals surface area contributed by atoms with E-state index in [9.17, 15) is 4.79 Å². The molecule has 1 aromatic heterocycles. The maximum Gasteiger partial charge on any atom is 0.161 e. The average molecular weight is 209 g/mol. The number of carbonyl (C=O) groups is 1. The summed E-state index contributed by atoms with van der Waals surface area (Å²) in [6, 6.07) is 1.83. The van der Waals surface area contributed by atoms with E-state index in [0.717, 1.165) is 12.1 Å². The summed E-state index contributed by atoms with van der Waals surface area (Å²) in [5, 5.41) is 0. The van der Waals surface area contributed by atoms with Crippen LogP contribution in [-0.4, -0.2) is 22.6 Å². The molecule has 84 valence electrons. The van der Waals surface area contributed by atoms with Crippen LogP contribution in [0.3, 0.4) is 0 Å². The Morgan fingerprint density at radius 3 is 2.60 bits per heavy atom. The van der Waals surface area contributed by atoms with Crippen molar-refractivity contribution < 1.29 is 9.53 Å². The van der Waals surface area contributed by atoms with Gasteiger partial charge >= 0.3 is 0 Å². The lowest BCUT2D eigenvalue weighted by Gasteiger charge is -2.19. The van der Waals surface area contributed by atoms with Crippen molar-refractivity contribution in [3.63, 3.8) is 0 Å². The number of Topliss-reactive ketones (excluding diaryl/α,β-unsaturated/α-hetero) is 1. The van der Waals surface area contributed by atoms with E-state index >= 15 is 0 Å². The maximum absolute atomic E-state index is 11.0. The first-order valence-electron chi connectivity index (χ1n) is 5.19. The minimum absolute atomic E-state index is 0.101. The Balaban J connectivity index is 2.41. The Morgan fingerprint density at radius 1 is 1.47 bits per heavy atom. The van der Waals surface area contributed by atoms with Crippen LogP contribution < -0.4 is 0 Å². The summed E-state index contributed by atoms with van der Waals surface area (Å²) in [6.07, 6.45) is 3.76. The summed E-state index contributed by atoms with van der Waals surface area (Å²) in [7, 11) is 0. The van der Waals surface area contributed by atoms with Crippen molar-refractivity contribution in [1.82, 2.24) is 4.57 Å². The van der Waals surface area contributed by atoms with Gasteiger partial charge < -0.3 is 9.30 Å². The van der Waals surface area contributed by atoms with E-state index in [1.807, 2.05) is 43.8 Å². The van der Waals surface area contributed by atoms with E-state index in [-0.39, 0.29) is 11.4 Å². The predicted molar refractivity (Wildman–Crippen MR) is 60.1 cm³/mol. The molecule has 0 atom stereocenters. The fourth-order valence-electron chi connectivity index (χ4n) is 1.25. The molecule has 0 bridgehead atoms. The molecule has 0 N–H and O–H groups in total. The third kappa shape index (κ3) is 4.30. The first-order chi connectivity index (χ1) is 6.88. The zero-order valence-corrected chi connectivity index (χ0v) is 9.91. The molecule has 3 nitrogen and oxygen atoms in total. The molecule has 0 saturated heterocycles. The number of aromatic nitrogens is 1. The molecule has 0 amide bonds. The van der Waals surface area contributed by atoms with Gasteiger partial charge in [-0.3, -0.25) is 4.79 Å². The van der Waals surface area contributed by atoms with Crippen molar-refractivity contribution in [3.05, 3.63) is 24.0 Å². The van der Waals surface area contributed by atoms with Crippen LogP contribution in [0, 0.1) is 0 Å². The van der Waals surface area contributed by atoms with Gasteiger partial charge in [-0.05, 0) is 33.8 Å². The maximum atomic E-state index is 11.0. The number of nitrogens with zero attached hydrogens (tertiary/aromatic N) is 1. The Morgan fingerprint density at radius 2 is 2.13 bits per heavy atom. The second kappa shape index (κ2) is 4.62. The van der Waals surface area contributed by atoms with Crippen LogP contribution >= 0.6 is 0 Å². The molecule has 3 heteroatoms. The molecule has 0 radical (unpaired) electrons. The number of ether oxygens (including phenoxy) is 1. The Labute approximate surface area is 91.0 Å². The fraction of sp³-hybridized carbons (Fsp3) is 0.583. The minimum Gasteiger partial charge on any atom is -0.374 e. The van der Waals surface area contributed by atoms with Gasteiger partial charge in [0, 0.05) is 24.5 Å². The monoisotopic (exact) mass is 209 g/mol. The Hall–Kier alpha value is -1.09. The highest BCUT2D eigenvalue weighted by Gasteiger charge is 2.09. The zero-order valence-electron chi connectivity index (χ0n) is 9.91. The van der Waals surface area contributed by atoms with Crippen LogP contribution in [0.2, 0.25) is 0 Å². The van der Waals surface area contributed by atoms with E-state index in [2.05, 4.69) is 0 Å². The van der Waals surface area contributed by atoms with Gasteiger partial charge in [-0.25, -0.2) is 0 Å². The normalized spacial score (nSPS) is 11.7. The summed E-state index contributed by atoms with van der Waals surface area (Å²) in [5.74, 6) is 0.102. The van der Waals surface area contributed by atoms with Crippen LogP contribution in [0.1, 0.15) is 38.1 Å². The molecule has 1 aromatic rings. The molecule has 0 unspecified atom stereocenters. The molecule has 0 aliphatic carbocycles. The van der Waals surface area contributed by atoms with Crippen molar-refractivity contribution in [2.45, 2.75) is 39.8 Å². The summed E-state index contributed by atoms with van der Waals surface area (Å²) in [5.41, 5.74) is 0.655. The fourth-order valence-corrected chi connectivity index (χ4v) is 1.25. The molecule has 1 rings (SSSR count). The summed E-state index contributed by atoms with van der Waals surface area (Å²) >= 11 is 0. The van der Waals surface area contributed by atoms with Crippen molar-refractivity contribution in [1.29, 1.82) is 0 Å². The summed E-state index contributed by atoms with van der Waals surface area (Å²) in [4.78, 5) is 11.0. The molecule has 1 heterocycles. The molecular weight excluding hydrogens is 190 g/mol. The van der Waals surface area contributed by atoms with Gasteiger partial charge in [0.25, 0.3) is 0 Å². The number of carbonyl (C=O) groups excluding carboxylic acids is 1. The van der Waals surface area contributed by atoms with Crippen LogP contribution in [0.25, 0.3) is 0 Å². The Kier molecular flexibility index (Phi) is 3.69. The topological polar surface area (TPSA) is 31.2 Å². The number of ketones is 1. The molecule has 0 aliphatic rings. The average Bonchev–Trinajstić information content (AvgIpc) is 2.50. The van der Waals surface area contributed by atoms with Crippen LogP contribution in [0.15, 0.2) is 18.5 Å². The molecule has 15 heavy (non-hydrogen) atoms. The third-order valence-corrected chi connectivity index (χ3v) is 2.04. The summed E-state index contributed by atoms with van der Waals surface area (Å²) in [6.45, 7) is 9.11. The SMILES string of the molecule is CC(=O)c1ccn(CCOC(C)(C)C)c1. The van der Waals surface area contributed by atoms with Gasteiger partial charge in [0.2, 0.25) is 0 Å². The van der Waals surface area contributed by atoms with Crippen molar-refractivity contribution >= 4 is 5.78 Å². The van der Waals surface area contributed by atoms with Gasteiger partial charge in [0.15, 0.2) is 5.78 Å². The number of hydrogen-bond donors (Lipinski definition) is 0.